The molecule has 35 heavy (non-hydrogen) atoms. The van der Waals surface area contributed by atoms with E-state index in [9.17, 15) is 9.59 Å². The Morgan fingerprint density at radius 2 is 1.54 bits per heavy atom. The van der Waals surface area contributed by atoms with E-state index in [1.807, 2.05) is 18.2 Å². The highest BCUT2D eigenvalue weighted by Crippen LogP contribution is 2.43. The Kier molecular flexibility index (Phi) is 7.31. The average molecular weight is 481 g/mol. The van der Waals surface area contributed by atoms with Crippen LogP contribution in [-0.2, 0) is 11.3 Å². The van der Waals surface area contributed by atoms with Crippen molar-refractivity contribution in [1.29, 1.82) is 0 Å². The molecule has 0 N–H and O–H groups in total. The van der Waals surface area contributed by atoms with Gasteiger partial charge >= 0.3 is 5.97 Å². The predicted molar refractivity (Wildman–Crippen MR) is 135 cm³/mol. The lowest BCUT2D eigenvalue weighted by Gasteiger charge is -2.30. The van der Waals surface area contributed by atoms with Crippen molar-refractivity contribution in [2.24, 2.45) is 5.92 Å². The summed E-state index contributed by atoms with van der Waals surface area (Å²) in [6.45, 7) is 2.36. The molecule has 0 radical (unpaired) electrons. The third-order valence-electron chi connectivity index (χ3n) is 6.79. The number of carbonyl (C=O) groups excluding carboxylic acids is 1. The maximum atomic E-state index is 13.7. The summed E-state index contributed by atoms with van der Waals surface area (Å²) in [6, 6.07) is 10.9. The first-order chi connectivity index (χ1) is 16.9. The van der Waals surface area contributed by atoms with Gasteiger partial charge in [0.2, 0.25) is 5.75 Å². The Bertz CT molecular complexity index is 1270. The van der Waals surface area contributed by atoms with E-state index >= 15 is 0 Å². The summed E-state index contributed by atoms with van der Waals surface area (Å²) in [6.07, 6.45) is 1.91. The third kappa shape index (κ3) is 4.58. The quantitative estimate of drug-likeness (QED) is 0.476. The molecule has 0 aliphatic carbocycles. The van der Waals surface area contributed by atoms with Gasteiger partial charge in [-0.15, -0.1) is 0 Å². The van der Waals surface area contributed by atoms with Crippen LogP contribution >= 0.6 is 0 Å². The standard InChI is InChI=1S/C27H32N2O6/c1-28-12-10-17(11-13-28)16-29-24(27(31)35-5)23(19-8-6-7-9-20(19)26(29)30)18-14-21(32-2)25(34-4)22(15-18)33-3/h6-9,14-15,17H,10-13,16H2,1-5H3. The van der Waals surface area contributed by atoms with Crippen molar-refractivity contribution >= 4 is 16.7 Å². The van der Waals surface area contributed by atoms with E-state index in [2.05, 4.69) is 11.9 Å². The summed E-state index contributed by atoms with van der Waals surface area (Å²) in [5, 5.41) is 1.20. The minimum atomic E-state index is -0.565. The van der Waals surface area contributed by atoms with Gasteiger partial charge in [0.15, 0.2) is 11.5 Å². The summed E-state index contributed by atoms with van der Waals surface area (Å²) in [4.78, 5) is 29.3. The first kappa shape index (κ1) is 24.6. The van der Waals surface area contributed by atoms with Crippen LogP contribution in [0.4, 0.5) is 0 Å². The fourth-order valence-electron chi connectivity index (χ4n) is 4.90. The van der Waals surface area contributed by atoms with Crippen LogP contribution in [0.5, 0.6) is 17.2 Å². The van der Waals surface area contributed by atoms with Crippen molar-refractivity contribution < 1.29 is 23.7 Å². The van der Waals surface area contributed by atoms with Crippen molar-refractivity contribution in [2.75, 3.05) is 48.6 Å². The first-order valence-corrected chi connectivity index (χ1v) is 11.7. The topological polar surface area (TPSA) is 79.2 Å². The number of ether oxygens (including phenoxy) is 4. The summed E-state index contributed by atoms with van der Waals surface area (Å²) in [7, 11) is 8.06. The Balaban J connectivity index is 2.04. The third-order valence-corrected chi connectivity index (χ3v) is 6.79. The van der Waals surface area contributed by atoms with Crippen LogP contribution in [0, 0.1) is 5.92 Å². The molecular weight excluding hydrogens is 448 g/mol. The fraction of sp³-hybridized carbons (Fsp3) is 0.407. The molecule has 186 valence electrons. The minimum Gasteiger partial charge on any atom is -0.493 e. The summed E-state index contributed by atoms with van der Waals surface area (Å²) >= 11 is 0. The van der Waals surface area contributed by atoms with E-state index < -0.39 is 5.97 Å². The molecule has 0 atom stereocenters. The molecule has 1 aliphatic heterocycles. The molecular formula is C27H32N2O6. The zero-order valence-electron chi connectivity index (χ0n) is 20.9. The number of nitrogens with zero attached hydrogens (tertiary/aromatic N) is 2. The molecule has 3 aromatic rings. The monoisotopic (exact) mass is 480 g/mol. The Labute approximate surface area is 205 Å². The molecule has 1 saturated heterocycles. The van der Waals surface area contributed by atoms with Gasteiger partial charge in [0, 0.05) is 17.5 Å². The van der Waals surface area contributed by atoms with Gasteiger partial charge in [-0.1, -0.05) is 18.2 Å². The maximum Gasteiger partial charge on any atom is 0.355 e. The molecule has 0 bridgehead atoms. The van der Waals surface area contributed by atoms with Crippen molar-refractivity contribution in [1.82, 2.24) is 9.47 Å². The Morgan fingerprint density at radius 1 is 0.943 bits per heavy atom. The molecule has 2 aromatic carbocycles. The highest BCUT2D eigenvalue weighted by atomic mass is 16.5. The number of hydrogen-bond donors (Lipinski definition) is 0. The molecule has 0 spiro atoms. The second kappa shape index (κ2) is 10.4. The second-order valence-electron chi connectivity index (χ2n) is 8.84. The van der Waals surface area contributed by atoms with Crippen LogP contribution in [-0.4, -0.2) is 64.0 Å². The maximum absolute atomic E-state index is 13.7. The molecule has 2 heterocycles. The normalized spacial score (nSPS) is 14.7. The SMILES string of the molecule is COC(=O)c1c(-c2cc(OC)c(OC)c(OC)c2)c2ccccc2c(=O)n1CC1CCN(C)CC1. The van der Waals surface area contributed by atoms with Gasteiger partial charge in [-0.05, 0) is 68.0 Å². The van der Waals surface area contributed by atoms with E-state index in [0.29, 0.717) is 45.7 Å². The zero-order valence-corrected chi connectivity index (χ0v) is 20.9. The number of esters is 1. The molecule has 0 unspecified atom stereocenters. The Hall–Kier alpha value is -3.52. The van der Waals surface area contributed by atoms with Gasteiger partial charge in [0.25, 0.3) is 5.56 Å². The lowest BCUT2D eigenvalue weighted by Crippen LogP contribution is -2.36. The largest absolute Gasteiger partial charge is 0.493 e. The molecule has 1 aromatic heterocycles. The van der Waals surface area contributed by atoms with Crippen LogP contribution in [0.3, 0.4) is 0 Å². The van der Waals surface area contributed by atoms with E-state index in [0.717, 1.165) is 25.9 Å². The van der Waals surface area contributed by atoms with Crippen molar-refractivity contribution in [3.05, 3.63) is 52.4 Å². The van der Waals surface area contributed by atoms with E-state index in [1.54, 1.807) is 37.0 Å². The average Bonchev–Trinajstić information content (AvgIpc) is 2.89. The highest BCUT2D eigenvalue weighted by molar-refractivity contribution is 6.07. The van der Waals surface area contributed by atoms with Crippen LogP contribution < -0.4 is 19.8 Å². The van der Waals surface area contributed by atoms with E-state index in [-0.39, 0.29) is 17.2 Å². The van der Waals surface area contributed by atoms with E-state index in [4.69, 9.17) is 18.9 Å². The van der Waals surface area contributed by atoms with Gasteiger partial charge in [-0.25, -0.2) is 4.79 Å². The zero-order chi connectivity index (χ0) is 25.1. The summed E-state index contributed by atoms with van der Waals surface area (Å²) < 4.78 is 23.4. The van der Waals surface area contributed by atoms with Gasteiger partial charge in [0.1, 0.15) is 5.69 Å². The lowest BCUT2D eigenvalue weighted by atomic mass is 9.93. The number of methoxy groups -OCH3 is 4. The number of rotatable bonds is 7. The Morgan fingerprint density at radius 3 is 2.09 bits per heavy atom. The molecule has 0 saturated carbocycles. The molecule has 0 amide bonds. The number of carbonyl (C=O) groups is 1. The molecule has 8 nitrogen and oxygen atoms in total. The first-order valence-electron chi connectivity index (χ1n) is 11.7. The van der Waals surface area contributed by atoms with Crippen molar-refractivity contribution in [3.63, 3.8) is 0 Å². The van der Waals surface area contributed by atoms with Crippen LogP contribution in [0.1, 0.15) is 23.3 Å². The number of likely N-dealkylation sites (tertiary alicyclic amines) is 1. The van der Waals surface area contributed by atoms with Crippen LogP contribution in [0.15, 0.2) is 41.2 Å². The van der Waals surface area contributed by atoms with Crippen molar-refractivity contribution in [3.8, 4) is 28.4 Å². The van der Waals surface area contributed by atoms with Gasteiger partial charge in [0.05, 0.1) is 28.4 Å². The number of hydrogen-bond acceptors (Lipinski definition) is 7. The van der Waals surface area contributed by atoms with Gasteiger partial charge in [-0.2, -0.15) is 0 Å². The van der Waals surface area contributed by atoms with Gasteiger partial charge < -0.3 is 28.4 Å². The predicted octanol–water partition coefficient (Wildman–Crippen LogP) is 3.82. The molecule has 4 rings (SSSR count). The molecule has 1 aliphatic rings. The fourth-order valence-corrected chi connectivity index (χ4v) is 4.90. The second-order valence-corrected chi connectivity index (χ2v) is 8.84. The summed E-state index contributed by atoms with van der Waals surface area (Å²) in [5.74, 6) is 1.07. The molecule has 1 fully saturated rings. The highest BCUT2D eigenvalue weighted by Gasteiger charge is 2.28. The minimum absolute atomic E-state index is 0.198. The smallest absolute Gasteiger partial charge is 0.355 e. The number of piperidine rings is 1. The lowest BCUT2D eigenvalue weighted by molar-refractivity contribution is 0.0585. The summed E-state index contributed by atoms with van der Waals surface area (Å²) in [5.41, 5.74) is 1.29. The van der Waals surface area contributed by atoms with Crippen molar-refractivity contribution in [2.45, 2.75) is 19.4 Å². The van der Waals surface area contributed by atoms with E-state index in [1.165, 1.54) is 14.2 Å². The van der Waals surface area contributed by atoms with Crippen LogP contribution in [0.25, 0.3) is 21.9 Å². The number of pyridine rings is 1. The van der Waals surface area contributed by atoms with Gasteiger partial charge in [-0.3, -0.25) is 4.79 Å². The number of fused-ring (bicyclic) bond motifs is 1. The number of aromatic nitrogens is 1. The molecule has 8 heteroatoms. The number of benzene rings is 2. The van der Waals surface area contributed by atoms with Crippen LogP contribution in [0.2, 0.25) is 0 Å².